The average molecular weight is 692 g/mol. The first-order chi connectivity index (χ1) is 21.0. The van der Waals surface area contributed by atoms with Crippen LogP contribution >= 0.6 is 34.7 Å². The predicted molar refractivity (Wildman–Crippen MR) is 163 cm³/mol. The number of nitrogens with zero attached hydrogens (tertiary/aromatic N) is 5. The molecule has 0 saturated carbocycles. The molecule has 3 aliphatic heterocycles. The molecule has 0 bridgehead atoms. The van der Waals surface area contributed by atoms with Gasteiger partial charge in [-0.05, 0) is 32.1 Å². The largest absolute Gasteiger partial charge is 0.417 e. The molecule has 1 aromatic carbocycles. The second kappa shape index (κ2) is 11.2. The van der Waals surface area contributed by atoms with Crippen LogP contribution in [-0.4, -0.2) is 82.0 Å². The van der Waals surface area contributed by atoms with Crippen molar-refractivity contribution >= 4 is 57.3 Å². The minimum atomic E-state index is -4.80. The molecule has 2 aromatic heterocycles. The third kappa shape index (κ3) is 5.85. The van der Waals surface area contributed by atoms with Gasteiger partial charge in [-0.3, -0.25) is 14.3 Å². The Labute approximate surface area is 267 Å². The van der Waals surface area contributed by atoms with Crippen molar-refractivity contribution in [1.82, 2.24) is 19.4 Å². The summed E-state index contributed by atoms with van der Waals surface area (Å²) >= 11 is 8.32. The number of benzene rings is 1. The fourth-order valence-electron chi connectivity index (χ4n) is 6.93. The lowest BCUT2D eigenvalue weighted by Crippen LogP contribution is -2.61. The molecular weight excluding hydrogens is 664 g/mol. The lowest BCUT2D eigenvalue weighted by atomic mass is 9.81. The van der Waals surface area contributed by atoms with Crippen molar-refractivity contribution in [1.29, 1.82) is 0 Å². The van der Waals surface area contributed by atoms with Crippen LogP contribution in [0.5, 0.6) is 0 Å². The molecule has 2 fully saturated rings. The Kier molecular flexibility index (Phi) is 8.01. The summed E-state index contributed by atoms with van der Waals surface area (Å²) in [6, 6.07) is 1.73. The molecule has 45 heavy (non-hydrogen) atoms. The van der Waals surface area contributed by atoms with Gasteiger partial charge in [-0.2, -0.15) is 31.3 Å². The molecule has 6 rings (SSSR count). The highest BCUT2D eigenvalue weighted by atomic mass is 35.5. The van der Waals surface area contributed by atoms with E-state index in [1.165, 1.54) is 27.0 Å². The Morgan fingerprint density at radius 3 is 2.36 bits per heavy atom. The molecule has 0 aliphatic carbocycles. The van der Waals surface area contributed by atoms with E-state index in [-0.39, 0.29) is 93.5 Å². The van der Waals surface area contributed by atoms with Crippen LogP contribution in [0.3, 0.4) is 0 Å². The quantitative estimate of drug-likeness (QED) is 0.234. The average Bonchev–Trinajstić information content (AvgIpc) is 3.26. The molecule has 2 saturated heterocycles. The van der Waals surface area contributed by atoms with E-state index in [1.807, 2.05) is 0 Å². The zero-order chi connectivity index (χ0) is 32.6. The number of rotatable bonds is 4. The number of carbonyl (C=O) groups is 1. The predicted octanol–water partition coefficient (Wildman–Crippen LogP) is 6.38. The number of piperazine rings is 1. The second-order valence-corrected chi connectivity index (χ2v) is 14.4. The van der Waals surface area contributed by atoms with E-state index >= 15 is 0 Å². The second-order valence-electron chi connectivity index (χ2n) is 12.1. The number of hydrogen-bond donors (Lipinski definition) is 0. The van der Waals surface area contributed by atoms with Crippen LogP contribution in [0.1, 0.15) is 19.4 Å². The zero-order valence-electron chi connectivity index (χ0n) is 24.1. The van der Waals surface area contributed by atoms with Crippen LogP contribution in [0, 0.1) is 5.41 Å². The van der Waals surface area contributed by atoms with Gasteiger partial charge in [0.2, 0.25) is 5.91 Å². The number of thiophene rings is 1. The normalized spacial score (nSPS) is 22.1. The van der Waals surface area contributed by atoms with Gasteiger partial charge in [-0.25, -0.2) is 4.79 Å². The van der Waals surface area contributed by atoms with E-state index in [4.69, 9.17) is 11.6 Å². The summed E-state index contributed by atoms with van der Waals surface area (Å²) in [5.41, 5.74) is -2.26. The molecule has 16 heteroatoms. The van der Waals surface area contributed by atoms with Gasteiger partial charge in [0.05, 0.1) is 22.6 Å². The van der Waals surface area contributed by atoms with Gasteiger partial charge in [-0.15, -0.1) is 23.1 Å². The summed E-state index contributed by atoms with van der Waals surface area (Å²) in [4.78, 5) is 35.7. The number of likely N-dealkylation sites (tertiary alicyclic amines) is 1. The maximum atomic E-state index is 14.9. The molecule has 3 aliphatic rings. The van der Waals surface area contributed by atoms with Crippen molar-refractivity contribution < 1.29 is 31.1 Å². The summed E-state index contributed by atoms with van der Waals surface area (Å²) in [5, 5.41) is 1.90. The van der Waals surface area contributed by atoms with Gasteiger partial charge in [-0.1, -0.05) is 18.2 Å². The maximum Gasteiger partial charge on any atom is 0.417 e. The number of amides is 1. The third-order valence-corrected chi connectivity index (χ3v) is 11.2. The molecule has 7 nitrogen and oxygen atoms in total. The van der Waals surface area contributed by atoms with Gasteiger partial charge >= 0.3 is 18.0 Å². The van der Waals surface area contributed by atoms with Crippen LogP contribution in [0.25, 0.3) is 21.3 Å². The minimum absolute atomic E-state index is 0.00832. The number of hydrogen-bond acceptors (Lipinski definition) is 7. The van der Waals surface area contributed by atoms with Gasteiger partial charge in [0, 0.05) is 82.1 Å². The first kappa shape index (κ1) is 32.2. The minimum Gasteiger partial charge on any atom is -0.352 e. The number of aromatic nitrogens is 2. The maximum absolute atomic E-state index is 14.9. The summed E-state index contributed by atoms with van der Waals surface area (Å²) < 4.78 is 85.4. The molecule has 1 amide bonds. The highest BCUT2D eigenvalue weighted by molar-refractivity contribution is 7.99. The summed E-state index contributed by atoms with van der Waals surface area (Å²) in [7, 11) is 0. The third-order valence-electron chi connectivity index (χ3n) is 8.50. The van der Waals surface area contributed by atoms with Gasteiger partial charge in [0.25, 0.3) is 0 Å². The van der Waals surface area contributed by atoms with Crippen LogP contribution in [0.4, 0.5) is 32.2 Å². The molecule has 2 atom stereocenters. The molecular formula is C29H28ClF6N5O2S2. The number of carbonyl (C=O) groups excluding carboxylic acids is 1. The number of halogens is 7. The van der Waals surface area contributed by atoms with Crippen LogP contribution in [0.15, 0.2) is 39.9 Å². The van der Waals surface area contributed by atoms with Gasteiger partial charge in [0.15, 0.2) is 0 Å². The Morgan fingerprint density at radius 1 is 1.13 bits per heavy atom. The topological polar surface area (TPSA) is 61.7 Å². The Bertz CT molecular complexity index is 1740. The Morgan fingerprint density at radius 2 is 1.80 bits per heavy atom. The van der Waals surface area contributed by atoms with E-state index < -0.39 is 35.6 Å². The monoisotopic (exact) mass is 691 g/mol. The van der Waals surface area contributed by atoms with Crippen LogP contribution < -0.4 is 10.6 Å². The first-order valence-electron chi connectivity index (χ1n) is 14.0. The van der Waals surface area contributed by atoms with E-state index in [0.29, 0.717) is 0 Å². The molecule has 242 valence electrons. The fraction of sp³-hybridized carbons (Fsp3) is 0.483. The number of thioether (sulfide) groups is 1. The smallest absolute Gasteiger partial charge is 0.352 e. The van der Waals surface area contributed by atoms with E-state index in [1.54, 1.807) is 23.6 Å². The van der Waals surface area contributed by atoms with Crippen molar-refractivity contribution in [2.24, 2.45) is 5.41 Å². The SMILES string of the molecule is C=CC(=O)N1[C@H](C)CN(c2nc(=O)n3c4c(c(-c5cc(Cl)cs5)c(C(F)(F)F)cc24)SCC2(CN(CC(F)(F)F)C2)C3)C[C@@H]1C. The van der Waals surface area contributed by atoms with Crippen molar-refractivity contribution in [2.75, 3.05) is 43.4 Å². The molecule has 3 aromatic rings. The lowest BCUT2D eigenvalue weighted by Gasteiger charge is -2.50. The highest BCUT2D eigenvalue weighted by Crippen LogP contribution is 2.52. The van der Waals surface area contributed by atoms with Crippen molar-refractivity contribution in [3.05, 3.63) is 51.2 Å². The molecule has 0 N–H and O–H groups in total. The fourth-order valence-corrected chi connectivity index (χ4v) is 9.58. The van der Waals surface area contributed by atoms with E-state index in [0.717, 1.165) is 29.2 Å². The van der Waals surface area contributed by atoms with Crippen molar-refractivity contribution in [3.63, 3.8) is 0 Å². The Balaban J connectivity index is 1.55. The molecule has 0 unspecified atom stereocenters. The Hall–Kier alpha value is -2.75. The van der Waals surface area contributed by atoms with Gasteiger partial charge < -0.3 is 9.80 Å². The van der Waals surface area contributed by atoms with Crippen LogP contribution in [0.2, 0.25) is 5.02 Å². The summed E-state index contributed by atoms with van der Waals surface area (Å²) in [6.07, 6.45) is -8.00. The van der Waals surface area contributed by atoms with Crippen LogP contribution in [-0.2, 0) is 17.5 Å². The first-order valence-corrected chi connectivity index (χ1v) is 16.3. The zero-order valence-corrected chi connectivity index (χ0v) is 26.5. The molecule has 0 radical (unpaired) electrons. The van der Waals surface area contributed by atoms with E-state index in [9.17, 15) is 35.9 Å². The number of anilines is 1. The summed E-state index contributed by atoms with van der Waals surface area (Å²) in [5.74, 6) is -0.00467. The van der Waals surface area contributed by atoms with Crippen molar-refractivity contribution in [3.8, 4) is 10.4 Å². The highest BCUT2D eigenvalue weighted by Gasteiger charge is 2.49. The molecule has 5 heterocycles. The lowest BCUT2D eigenvalue weighted by molar-refractivity contribution is -0.168. The van der Waals surface area contributed by atoms with Crippen molar-refractivity contribution in [2.45, 2.75) is 49.7 Å². The van der Waals surface area contributed by atoms with Gasteiger partial charge in [0.1, 0.15) is 5.82 Å². The van der Waals surface area contributed by atoms with E-state index in [2.05, 4.69) is 11.6 Å². The summed E-state index contributed by atoms with van der Waals surface area (Å²) in [6.45, 7) is 6.53. The number of alkyl halides is 6. The molecule has 1 spiro atoms. The standard InChI is InChI=1S/C29H28ClF6N5O2S2/c1-4-21(42)41-15(2)7-39(8-16(41)3)25-18-6-19(29(34,35)36)22(20-5-17(30)9-44-20)24-23(18)40(26(43)37-25)12-27(14-45-24)10-38(11-27)13-28(31,32)33/h4-6,9,15-16H,1,7-8,10-14H2,2-3H3/t15-,16+.